The predicted octanol–water partition coefficient (Wildman–Crippen LogP) is 5.72. The van der Waals surface area contributed by atoms with Crippen molar-refractivity contribution in [3.05, 3.63) is 99.1 Å². The van der Waals surface area contributed by atoms with Crippen LogP contribution in [-0.4, -0.2) is 88.8 Å². The molecule has 3 aromatic carbocycles. The van der Waals surface area contributed by atoms with Crippen LogP contribution in [0.1, 0.15) is 66.3 Å². The second kappa shape index (κ2) is 17.0. The van der Waals surface area contributed by atoms with Crippen molar-refractivity contribution in [2.45, 2.75) is 83.5 Å². The summed E-state index contributed by atoms with van der Waals surface area (Å²) in [6.07, 6.45) is 3.31. The summed E-state index contributed by atoms with van der Waals surface area (Å²) in [6, 6.07) is 19.3. The Hall–Kier alpha value is -4.38. The number of nitrogens with one attached hydrogen (secondary N) is 1. The highest BCUT2D eigenvalue weighted by Gasteiger charge is 2.43. The van der Waals surface area contributed by atoms with Crippen LogP contribution < -0.4 is 14.8 Å². The quantitative estimate of drug-likeness (QED) is 0.160. The molecule has 2 aliphatic heterocycles. The molecule has 0 radical (unpaired) electrons. The first kappa shape index (κ1) is 37.4. The smallest absolute Gasteiger partial charge is 0.303 e. The average molecular weight is 730 g/mol. The largest absolute Gasteiger partial charge is 0.490 e. The lowest BCUT2D eigenvalue weighted by Gasteiger charge is -2.45. The molecule has 0 spiro atoms. The number of carboxylic acids is 1. The predicted molar refractivity (Wildman–Crippen MR) is 199 cm³/mol. The Balaban J connectivity index is 1.23. The molecule has 3 aliphatic rings. The molecule has 1 saturated heterocycles. The maximum Gasteiger partial charge on any atom is 0.303 e. The van der Waals surface area contributed by atoms with Gasteiger partial charge in [-0.25, -0.2) is 0 Å². The summed E-state index contributed by atoms with van der Waals surface area (Å²) < 4.78 is 11.9. The van der Waals surface area contributed by atoms with Crippen LogP contribution in [0.5, 0.6) is 11.5 Å². The van der Waals surface area contributed by atoms with Crippen LogP contribution in [0, 0.1) is 13.8 Å². The van der Waals surface area contributed by atoms with Gasteiger partial charge in [0.2, 0.25) is 5.91 Å². The number of ether oxygens (including phenoxy) is 2. The van der Waals surface area contributed by atoms with E-state index in [0.717, 1.165) is 46.2 Å². The van der Waals surface area contributed by atoms with Crippen LogP contribution in [0.25, 0.3) is 5.57 Å². The minimum Gasteiger partial charge on any atom is -0.490 e. The van der Waals surface area contributed by atoms with Crippen molar-refractivity contribution in [1.82, 2.24) is 15.1 Å². The van der Waals surface area contributed by atoms with Crippen LogP contribution in [0.4, 0.5) is 0 Å². The van der Waals surface area contributed by atoms with Gasteiger partial charge in [0.1, 0.15) is 24.7 Å². The van der Waals surface area contributed by atoms with Crippen LogP contribution >= 0.6 is 11.6 Å². The van der Waals surface area contributed by atoms with Crippen LogP contribution in [0.3, 0.4) is 0 Å². The van der Waals surface area contributed by atoms with Crippen molar-refractivity contribution in [1.29, 1.82) is 0 Å². The molecule has 3 N–H and O–H groups in total. The van der Waals surface area contributed by atoms with Crippen molar-refractivity contribution < 1.29 is 34.1 Å². The number of amides is 2. The SMILES string of the molecule is Cc1cc(Cl)c(OCCOc2ccc(C3=C(C(=O)N(Cc4ccccc4CCO)C4CC4)C4CN(C(=O)CCCC(=O)O)CC(C3)N4)cc2)cc1C. The van der Waals surface area contributed by atoms with E-state index in [1.54, 1.807) is 4.90 Å². The number of carbonyl (C=O) groups is 3. The molecule has 10 nitrogen and oxygen atoms in total. The number of aliphatic hydroxyl groups is 1. The molecule has 11 heteroatoms. The van der Waals surface area contributed by atoms with Crippen molar-refractivity contribution >= 4 is 35.0 Å². The standard InChI is InChI=1S/C41H48ClN3O7/c1-26-20-35(42)37(21-27(26)2)52-19-18-51-33-14-10-29(11-15-33)34-22-31-24-44(38(47)8-5-9-39(48)49)25-36(43-31)40(34)41(50)45(32-12-13-32)23-30-7-4-3-6-28(30)16-17-46/h3-4,6-7,10-11,14-15,20-21,31-32,36,43,46H,5,8-9,12-13,16-19,22-25H2,1-2H3,(H,48,49). The fourth-order valence-electron chi connectivity index (χ4n) is 7.22. The topological polar surface area (TPSA) is 129 Å². The number of benzene rings is 3. The minimum absolute atomic E-state index is 0.0287. The number of halogens is 1. The number of rotatable bonds is 16. The summed E-state index contributed by atoms with van der Waals surface area (Å²) in [6.45, 7) is 5.96. The third-order valence-corrected chi connectivity index (χ3v) is 10.5. The van der Waals surface area contributed by atoms with E-state index in [-0.39, 0.29) is 55.8 Å². The Labute approximate surface area is 310 Å². The number of hydrogen-bond donors (Lipinski definition) is 3. The van der Waals surface area contributed by atoms with E-state index in [2.05, 4.69) is 5.32 Å². The molecular weight excluding hydrogens is 682 g/mol. The molecule has 0 aromatic heterocycles. The molecule has 2 heterocycles. The summed E-state index contributed by atoms with van der Waals surface area (Å²) in [5.41, 5.74) is 6.81. The molecule has 3 aromatic rings. The normalized spacial score (nSPS) is 18.3. The molecule has 2 unspecified atom stereocenters. The highest BCUT2D eigenvalue weighted by atomic mass is 35.5. The van der Waals surface area contributed by atoms with Gasteiger partial charge in [-0.3, -0.25) is 14.4 Å². The van der Waals surface area contributed by atoms with Crippen LogP contribution in [0.2, 0.25) is 5.02 Å². The van der Waals surface area contributed by atoms with Crippen molar-refractivity contribution in [2.24, 2.45) is 0 Å². The maximum absolute atomic E-state index is 14.8. The van der Waals surface area contributed by atoms with Gasteiger partial charge in [-0.05, 0) is 104 Å². The van der Waals surface area contributed by atoms with Gasteiger partial charge >= 0.3 is 5.97 Å². The van der Waals surface area contributed by atoms with E-state index >= 15 is 0 Å². The zero-order valence-corrected chi connectivity index (χ0v) is 30.7. The Bertz CT molecular complexity index is 1810. The second-order valence-electron chi connectivity index (χ2n) is 14.1. The first-order valence-corrected chi connectivity index (χ1v) is 18.6. The number of carbonyl (C=O) groups excluding carboxylic acids is 2. The van der Waals surface area contributed by atoms with E-state index in [1.165, 1.54) is 0 Å². The van der Waals surface area contributed by atoms with E-state index in [4.69, 9.17) is 26.2 Å². The van der Waals surface area contributed by atoms with E-state index in [9.17, 15) is 19.5 Å². The first-order chi connectivity index (χ1) is 25.1. The number of carboxylic acid groups (broad SMARTS) is 1. The van der Waals surface area contributed by atoms with Crippen molar-refractivity contribution in [3.63, 3.8) is 0 Å². The van der Waals surface area contributed by atoms with E-state index in [1.807, 2.05) is 79.4 Å². The second-order valence-corrected chi connectivity index (χ2v) is 14.5. The van der Waals surface area contributed by atoms with Crippen molar-refractivity contribution in [2.75, 3.05) is 32.9 Å². The lowest BCUT2D eigenvalue weighted by Crippen LogP contribution is -2.62. The number of nitrogens with zero attached hydrogens (tertiary/aromatic N) is 2. The van der Waals surface area contributed by atoms with E-state index in [0.29, 0.717) is 67.8 Å². The summed E-state index contributed by atoms with van der Waals surface area (Å²) in [5, 5.41) is 23.0. The van der Waals surface area contributed by atoms with E-state index < -0.39 is 5.97 Å². The first-order valence-electron chi connectivity index (χ1n) is 18.2. The number of aliphatic hydroxyl groups excluding tert-OH is 1. The van der Waals surface area contributed by atoms with Crippen LogP contribution in [-0.2, 0) is 27.3 Å². The summed E-state index contributed by atoms with van der Waals surface area (Å²) in [4.78, 5) is 42.9. The van der Waals surface area contributed by atoms with Gasteiger partial charge in [-0.1, -0.05) is 48.0 Å². The Kier molecular flexibility index (Phi) is 12.2. The molecular formula is C41H48ClN3O7. The highest BCUT2D eigenvalue weighted by Crippen LogP contribution is 2.38. The monoisotopic (exact) mass is 729 g/mol. The number of aryl methyl sites for hydroxylation is 2. The lowest BCUT2D eigenvalue weighted by atomic mass is 9.82. The molecule has 2 amide bonds. The lowest BCUT2D eigenvalue weighted by molar-refractivity contribution is -0.138. The van der Waals surface area contributed by atoms with Gasteiger partial charge < -0.3 is 34.8 Å². The van der Waals surface area contributed by atoms with Gasteiger partial charge in [-0.2, -0.15) is 0 Å². The molecule has 2 atom stereocenters. The number of hydrogen-bond acceptors (Lipinski definition) is 7. The Morgan fingerprint density at radius 1 is 0.942 bits per heavy atom. The fourth-order valence-corrected chi connectivity index (χ4v) is 7.49. The molecule has 276 valence electrons. The summed E-state index contributed by atoms with van der Waals surface area (Å²) in [5.74, 6) is 0.254. The third kappa shape index (κ3) is 9.15. The molecule has 2 bridgehead atoms. The number of aliphatic carboxylic acids is 1. The Morgan fingerprint density at radius 3 is 2.37 bits per heavy atom. The van der Waals surface area contributed by atoms with Crippen molar-refractivity contribution in [3.8, 4) is 11.5 Å². The summed E-state index contributed by atoms with van der Waals surface area (Å²) >= 11 is 6.36. The molecule has 52 heavy (non-hydrogen) atoms. The maximum atomic E-state index is 14.8. The average Bonchev–Trinajstić information content (AvgIpc) is 3.97. The molecule has 2 fully saturated rings. The highest BCUT2D eigenvalue weighted by molar-refractivity contribution is 6.32. The minimum atomic E-state index is -0.918. The van der Waals surface area contributed by atoms with Gasteiger partial charge in [0.25, 0.3) is 5.91 Å². The van der Waals surface area contributed by atoms with Gasteiger partial charge in [0.15, 0.2) is 0 Å². The molecule has 1 aliphatic carbocycles. The zero-order chi connectivity index (χ0) is 36.8. The summed E-state index contributed by atoms with van der Waals surface area (Å²) in [7, 11) is 0. The third-order valence-electron chi connectivity index (χ3n) is 10.2. The molecule has 1 saturated carbocycles. The zero-order valence-electron chi connectivity index (χ0n) is 29.9. The molecule has 6 rings (SSSR count). The number of fused-ring (bicyclic) bond motifs is 2. The Morgan fingerprint density at radius 2 is 1.65 bits per heavy atom. The fraction of sp³-hybridized carbons (Fsp3) is 0.439. The van der Waals surface area contributed by atoms with Gasteiger partial charge in [-0.15, -0.1) is 0 Å². The van der Waals surface area contributed by atoms with Gasteiger partial charge in [0.05, 0.1) is 11.1 Å². The van der Waals surface area contributed by atoms with Gasteiger partial charge in [0, 0.05) is 56.7 Å². The number of piperazine rings is 1. The van der Waals surface area contributed by atoms with Crippen LogP contribution in [0.15, 0.2) is 66.2 Å².